The number of carbonyl (C=O) groups is 2. The van der Waals surface area contributed by atoms with Gasteiger partial charge in [0.1, 0.15) is 0 Å². The fourth-order valence-electron chi connectivity index (χ4n) is 2.59. The summed E-state index contributed by atoms with van der Waals surface area (Å²) in [6, 6.07) is 4.34. The molecule has 1 aromatic rings. The van der Waals surface area contributed by atoms with E-state index in [2.05, 4.69) is 5.32 Å². The van der Waals surface area contributed by atoms with E-state index >= 15 is 0 Å². The fraction of sp³-hybridized carbons (Fsp3) is 0.412. The number of nitrogens with zero attached hydrogens (tertiary/aromatic N) is 1. The Bertz CT molecular complexity index is 684. The van der Waals surface area contributed by atoms with Gasteiger partial charge in [0, 0.05) is 12.7 Å². The van der Waals surface area contributed by atoms with Gasteiger partial charge in [0.05, 0.1) is 32.4 Å². The summed E-state index contributed by atoms with van der Waals surface area (Å²) in [5.74, 6) is 0.629. The van der Waals surface area contributed by atoms with Gasteiger partial charge in [-0.1, -0.05) is 6.07 Å². The number of allylic oxidation sites excluding steroid dienone is 1. The molecule has 2 amide bonds. The molecular weight excluding hydrogens is 312 g/mol. The Balaban J connectivity index is 2.53. The lowest BCUT2D eigenvalue weighted by Crippen LogP contribution is -2.46. The molecule has 0 unspecified atom stereocenters. The summed E-state index contributed by atoms with van der Waals surface area (Å²) in [7, 11) is 4.68. The molecule has 1 heterocycles. The third kappa shape index (κ3) is 3.15. The largest absolute Gasteiger partial charge is 0.493 e. The van der Waals surface area contributed by atoms with Crippen molar-refractivity contribution in [3.05, 3.63) is 35.0 Å². The molecule has 7 nitrogen and oxygen atoms in total. The number of ether oxygens (including phenoxy) is 3. The third-order valence-electron chi connectivity index (χ3n) is 3.99. The van der Waals surface area contributed by atoms with Crippen molar-refractivity contribution in [2.24, 2.45) is 0 Å². The normalized spacial score (nSPS) is 17.5. The highest BCUT2D eigenvalue weighted by molar-refractivity contribution is 5.95. The van der Waals surface area contributed by atoms with E-state index in [-0.39, 0.29) is 12.6 Å². The maximum Gasteiger partial charge on any atom is 0.338 e. The minimum absolute atomic E-state index is 0.256. The Morgan fingerprint density at radius 1 is 1.25 bits per heavy atom. The van der Waals surface area contributed by atoms with Crippen molar-refractivity contribution in [2.45, 2.75) is 19.9 Å². The SMILES string of the molecule is CCOC(=O)C1=C(C)N(C)C(=O)N[C@H]1c1ccc(OC)c(OC)c1. The molecule has 0 spiro atoms. The molecule has 0 aliphatic carbocycles. The molecule has 1 aromatic carbocycles. The van der Waals surface area contributed by atoms with Crippen LogP contribution in [-0.4, -0.2) is 44.8 Å². The monoisotopic (exact) mass is 334 g/mol. The van der Waals surface area contributed by atoms with Crippen LogP contribution in [0.1, 0.15) is 25.5 Å². The standard InChI is InChI=1S/C17H22N2O5/c1-6-24-16(20)14-10(2)19(3)17(21)18-15(14)11-7-8-12(22-4)13(9-11)23-5/h7-9,15H,6H2,1-5H3,(H,18,21)/t15-/m0/s1. The fourth-order valence-corrected chi connectivity index (χ4v) is 2.59. The van der Waals surface area contributed by atoms with Gasteiger partial charge >= 0.3 is 12.0 Å². The van der Waals surface area contributed by atoms with Gasteiger partial charge in [0.25, 0.3) is 0 Å². The second-order valence-corrected chi connectivity index (χ2v) is 5.28. The number of carbonyl (C=O) groups excluding carboxylic acids is 2. The Labute approximate surface area is 141 Å². The summed E-state index contributed by atoms with van der Waals surface area (Å²) >= 11 is 0. The molecule has 1 aliphatic heterocycles. The third-order valence-corrected chi connectivity index (χ3v) is 3.99. The number of hydrogen-bond donors (Lipinski definition) is 1. The van der Waals surface area contributed by atoms with Crippen molar-refractivity contribution in [1.29, 1.82) is 0 Å². The summed E-state index contributed by atoms with van der Waals surface area (Å²) in [5, 5.41) is 2.82. The van der Waals surface area contributed by atoms with Crippen LogP contribution >= 0.6 is 0 Å². The molecule has 24 heavy (non-hydrogen) atoms. The maximum atomic E-state index is 12.4. The van der Waals surface area contributed by atoms with Gasteiger partial charge < -0.3 is 24.4 Å². The Kier molecular flexibility index (Phi) is 5.33. The molecule has 0 radical (unpaired) electrons. The molecular formula is C17H22N2O5. The summed E-state index contributed by atoms with van der Waals surface area (Å²) in [6.07, 6.45) is 0. The van der Waals surface area contributed by atoms with Crippen LogP contribution in [0.5, 0.6) is 11.5 Å². The van der Waals surface area contributed by atoms with Crippen molar-refractivity contribution in [2.75, 3.05) is 27.9 Å². The Morgan fingerprint density at radius 3 is 2.50 bits per heavy atom. The second kappa shape index (κ2) is 7.25. The van der Waals surface area contributed by atoms with Crippen molar-refractivity contribution in [3.63, 3.8) is 0 Å². The average Bonchev–Trinajstić information content (AvgIpc) is 2.58. The first-order valence-electron chi connectivity index (χ1n) is 7.58. The van der Waals surface area contributed by atoms with Gasteiger partial charge in [0.2, 0.25) is 0 Å². The molecule has 130 valence electrons. The molecule has 1 N–H and O–H groups in total. The quantitative estimate of drug-likeness (QED) is 0.836. The van der Waals surface area contributed by atoms with Gasteiger partial charge in [-0.25, -0.2) is 9.59 Å². The Hall–Kier alpha value is -2.70. The van der Waals surface area contributed by atoms with Crippen LogP contribution in [0.4, 0.5) is 4.79 Å². The first-order chi connectivity index (χ1) is 11.4. The lowest BCUT2D eigenvalue weighted by Gasteiger charge is -2.33. The van der Waals surface area contributed by atoms with E-state index in [1.54, 1.807) is 46.2 Å². The molecule has 2 rings (SSSR count). The lowest BCUT2D eigenvalue weighted by atomic mass is 9.94. The van der Waals surface area contributed by atoms with E-state index in [0.717, 1.165) is 0 Å². The number of esters is 1. The molecule has 1 atom stereocenters. The highest BCUT2D eigenvalue weighted by Crippen LogP contribution is 2.35. The van der Waals surface area contributed by atoms with E-state index in [4.69, 9.17) is 14.2 Å². The minimum atomic E-state index is -0.618. The smallest absolute Gasteiger partial charge is 0.338 e. The topological polar surface area (TPSA) is 77.1 Å². The second-order valence-electron chi connectivity index (χ2n) is 5.28. The van der Waals surface area contributed by atoms with Crippen LogP contribution in [0.3, 0.4) is 0 Å². The Morgan fingerprint density at radius 2 is 1.92 bits per heavy atom. The van der Waals surface area contributed by atoms with Crippen LogP contribution in [0.25, 0.3) is 0 Å². The van der Waals surface area contributed by atoms with Gasteiger partial charge in [-0.15, -0.1) is 0 Å². The first-order valence-corrected chi connectivity index (χ1v) is 7.58. The van der Waals surface area contributed by atoms with Gasteiger partial charge in [-0.3, -0.25) is 0 Å². The number of methoxy groups -OCH3 is 2. The predicted octanol–water partition coefficient (Wildman–Crippen LogP) is 2.24. The van der Waals surface area contributed by atoms with E-state index in [0.29, 0.717) is 28.3 Å². The number of urea groups is 1. The number of rotatable bonds is 5. The number of nitrogens with one attached hydrogen (secondary N) is 1. The van der Waals surface area contributed by atoms with Crippen molar-refractivity contribution < 1.29 is 23.8 Å². The zero-order valence-corrected chi connectivity index (χ0v) is 14.5. The number of hydrogen-bond acceptors (Lipinski definition) is 5. The molecule has 1 aliphatic rings. The summed E-state index contributed by atoms with van der Waals surface area (Å²) in [4.78, 5) is 26.0. The molecule has 7 heteroatoms. The van der Waals surface area contributed by atoms with Crippen LogP contribution < -0.4 is 14.8 Å². The number of amides is 2. The van der Waals surface area contributed by atoms with Gasteiger partial charge in [-0.2, -0.15) is 0 Å². The van der Waals surface area contributed by atoms with Crippen LogP contribution in [0.15, 0.2) is 29.5 Å². The van der Waals surface area contributed by atoms with Crippen LogP contribution in [-0.2, 0) is 9.53 Å². The summed E-state index contributed by atoms with van der Waals surface area (Å²) in [6.45, 7) is 3.72. The molecule has 0 fully saturated rings. The highest BCUT2D eigenvalue weighted by Gasteiger charge is 2.35. The summed E-state index contributed by atoms with van der Waals surface area (Å²) < 4.78 is 15.7. The van der Waals surface area contributed by atoms with Crippen LogP contribution in [0, 0.1) is 0 Å². The van der Waals surface area contributed by atoms with Crippen molar-refractivity contribution in [1.82, 2.24) is 10.2 Å². The van der Waals surface area contributed by atoms with Gasteiger partial charge in [0.15, 0.2) is 11.5 Å². The van der Waals surface area contributed by atoms with Crippen molar-refractivity contribution in [3.8, 4) is 11.5 Å². The van der Waals surface area contributed by atoms with E-state index in [1.165, 1.54) is 12.0 Å². The lowest BCUT2D eigenvalue weighted by molar-refractivity contribution is -0.139. The zero-order chi connectivity index (χ0) is 17.9. The average molecular weight is 334 g/mol. The van der Waals surface area contributed by atoms with E-state index in [9.17, 15) is 9.59 Å². The van der Waals surface area contributed by atoms with E-state index < -0.39 is 12.0 Å². The summed E-state index contributed by atoms with van der Waals surface area (Å²) in [5.41, 5.74) is 1.65. The maximum absolute atomic E-state index is 12.4. The molecule has 0 saturated heterocycles. The molecule has 0 aromatic heterocycles. The first kappa shape index (κ1) is 17.7. The zero-order valence-electron chi connectivity index (χ0n) is 14.5. The number of benzene rings is 1. The van der Waals surface area contributed by atoms with Gasteiger partial charge in [-0.05, 0) is 31.5 Å². The molecule has 0 saturated carbocycles. The van der Waals surface area contributed by atoms with Crippen LogP contribution in [0.2, 0.25) is 0 Å². The van der Waals surface area contributed by atoms with Crippen molar-refractivity contribution >= 4 is 12.0 Å². The highest BCUT2D eigenvalue weighted by atomic mass is 16.5. The minimum Gasteiger partial charge on any atom is -0.493 e. The molecule has 0 bridgehead atoms. The predicted molar refractivity (Wildman–Crippen MR) is 87.9 cm³/mol. The van der Waals surface area contributed by atoms with E-state index in [1.807, 2.05) is 0 Å².